The Morgan fingerprint density at radius 1 is 1.30 bits per heavy atom. The number of rotatable bonds is 4. The lowest BCUT2D eigenvalue weighted by Gasteiger charge is -2.15. The Bertz CT molecular complexity index is 780. The standard InChI is InChI=1S/C17H17N3O2S/c21-14-3-1-2-11-9-12(6-7-13(11)14)16(22)19-17-18-15(20-23-17)8-10-4-5-10/h6-7,9-10H,1-5,8H2,(H,18,19,20,22). The van der Waals surface area contributed by atoms with E-state index in [1.54, 1.807) is 12.1 Å². The highest BCUT2D eigenvalue weighted by Gasteiger charge is 2.24. The molecule has 118 valence electrons. The van der Waals surface area contributed by atoms with E-state index in [2.05, 4.69) is 14.7 Å². The zero-order chi connectivity index (χ0) is 15.8. The number of aromatic nitrogens is 2. The fourth-order valence-corrected chi connectivity index (χ4v) is 3.52. The molecule has 5 nitrogen and oxygen atoms in total. The van der Waals surface area contributed by atoms with E-state index in [0.29, 0.717) is 17.1 Å². The molecule has 0 saturated heterocycles. The largest absolute Gasteiger partial charge is 0.297 e. The van der Waals surface area contributed by atoms with Crippen molar-refractivity contribution < 1.29 is 9.59 Å². The quantitative estimate of drug-likeness (QED) is 0.935. The van der Waals surface area contributed by atoms with Gasteiger partial charge >= 0.3 is 0 Å². The summed E-state index contributed by atoms with van der Waals surface area (Å²) in [6, 6.07) is 5.31. The van der Waals surface area contributed by atoms with Crippen molar-refractivity contribution in [2.45, 2.75) is 38.5 Å². The Morgan fingerprint density at radius 2 is 2.17 bits per heavy atom. The first-order valence-corrected chi connectivity index (χ1v) is 8.76. The van der Waals surface area contributed by atoms with Crippen LogP contribution in [0, 0.1) is 5.92 Å². The van der Waals surface area contributed by atoms with Crippen LogP contribution in [0.5, 0.6) is 0 Å². The molecule has 1 heterocycles. The molecule has 1 fully saturated rings. The van der Waals surface area contributed by atoms with Gasteiger partial charge in [-0.2, -0.15) is 4.37 Å². The van der Waals surface area contributed by atoms with E-state index in [1.165, 1.54) is 24.4 Å². The van der Waals surface area contributed by atoms with Crippen molar-refractivity contribution in [3.8, 4) is 0 Å². The number of hydrogen-bond acceptors (Lipinski definition) is 5. The van der Waals surface area contributed by atoms with Gasteiger partial charge in [-0.3, -0.25) is 14.9 Å². The minimum absolute atomic E-state index is 0.173. The van der Waals surface area contributed by atoms with Crippen LogP contribution in [0.3, 0.4) is 0 Å². The van der Waals surface area contributed by atoms with Crippen molar-refractivity contribution in [2.75, 3.05) is 5.32 Å². The molecule has 0 spiro atoms. The second-order valence-electron chi connectivity index (χ2n) is 6.27. The number of benzene rings is 1. The third-order valence-electron chi connectivity index (χ3n) is 4.37. The maximum atomic E-state index is 12.4. The number of Topliss-reactive ketones (excluding diaryl/α,β-unsaturated/α-hetero) is 1. The highest BCUT2D eigenvalue weighted by Crippen LogP contribution is 2.32. The maximum absolute atomic E-state index is 12.4. The van der Waals surface area contributed by atoms with Crippen LogP contribution >= 0.6 is 11.5 Å². The summed E-state index contributed by atoms with van der Waals surface area (Å²) in [5.41, 5.74) is 2.30. The molecule has 0 atom stereocenters. The third kappa shape index (κ3) is 3.17. The van der Waals surface area contributed by atoms with E-state index in [-0.39, 0.29) is 11.7 Å². The number of aryl methyl sites for hydroxylation is 1. The molecule has 2 aromatic rings. The van der Waals surface area contributed by atoms with Gasteiger partial charge in [-0.1, -0.05) is 6.07 Å². The summed E-state index contributed by atoms with van der Waals surface area (Å²) < 4.78 is 4.29. The van der Waals surface area contributed by atoms with Gasteiger partial charge in [0.25, 0.3) is 5.91 Å². The lowest BCUT2D eigenvalue weighted by molar-refractivity contribution is 0.0969. The molecular weight excluding hydrogens is 310 g/mol. The van der Waals surface area contributed by atoms with Crippen LogP contribution in [-0.2, 0) is 12.8 Å². The van der Waals surface area contributed by atoms with Gasteiger partial charge in [0.2, 0.25) is 5.13 Å². The lowest BCUT2D eigenvalue weighted by Crippen LogP contribution is -2.15. The summed E-state index contributed by atoms with van der Waals surface area (Å²) in [4.78, 5) is 28.6. The van der Waals surface area contributed by atoms with E-state index in [4.69, 9.17) is 0 Å². The molecule has 2 aliphatic rings. The molecule has 23 heavy (non-hydrogen) atoms. The monoisotopic (exact) mass is 327 g/mol. The van der Waals surface area contributed by atoms with E-state index in [1.807, 2.05) is 6.07 Å². The minimum Gasteiger partial charge on any atom is -0.297 e. The topological polar surface area (TPSA) is 72.0 Å². The fourth-order valence-electron chi connectivity index (χ4n) is 2.92. The zero-order valence-corrected chi connectivity index (χ0v) is 13.5. The molecule has 1 aromatic carbocycles. The number of hydrogen-bond donors (Lipinski definition) is 1. The summed E-state index contributed by atoms with van der Waals surface area (Å²) in [7, 11) is 0. The van der Waals surface area contributed by atoms with Crippen molar-refractivity contribution in [1.29, 1.82) is 0 Å². The Hall–Kier alpha value is -2.08. The molecule has 1 N–H and O–H groups in total. The number of nitrogens with zero attached hydrogens (tertiary/aromatic N) is 2. The number of anilines is 1. The first-order chi connectivity index (χ1) is 11.2. The molecule has 0 unspecified atom stereocenters. The van der Waals surface area contributed by atoms with Crippen LogP contribution in [0.2, 0.25) is 0 Å². The average molecular weight is 327 g/mol. The Labute approximate surface area is 138 Å². The van der Waals surface area contributed by atoms with Crippen LogP contribution in [0.25, 0.3) is 0 Å². The van der Waals surface area contributed by atoms with E-state index < -0.39 is 0 Å². The molecule has 6 heteroatoms. The van der Waals surface area contributed by atoms with E-state index in [9.17, 15) is 9.59 Å². The second-order valence-corrected chi connectivity index (χ2v) is 7.02. The van der Waals surface area contributed by atoms with Crippen LogP contribution in [-0.4, -0.2) is 21.0 Å². The van der Waals surface area contributed by atoms with E-state index in [0.717, 1.165) is 42.1 Å². The SMILES string of the molecule is O=C(Nc1nc(CC2CC2)ns1)c1ccc2c(c1)CCCC2=O. The molecule has 0 bridgehead atoms. The number of carbonyl (C=O) groups is 2. The highest BCUT2D eigenvalue weighted by atomic mass is 32.1. The summed E-state index contributed by atoms with van der Waals surface area (Å²) in [5, 5.41) is 3.35. The van der Waals surface area contributed by atoms with Crippen molar-refractivity contribution in [3.05, 3.63) is 40.7 Å². The Morgan fingerprint density at radius 3 is 3.00 bits per heavy atom. The van der Waals surface area contributed by atoms with E-state index >= 15 is 0 Å². The number of ketones is 1. The third-order valence-corrected chi connectivity index (χ3v) is 5.04. The first kappa shape index (κ1) is 14.5. The predicted molar refractivity (Wildman–Crippen MR) is 88.0 cm³/mol. The molecular formula is C17H17N3O2S. The van der Waals surface area contributed by atoms with Gasteiger partial charge < -0.3 is 0 Å². The number of amides is 1. The predicted octanol–water partition coefficient (Wildman–Crippen LogP) is 3.26. The van der Waals surface area contributed by atoms with Gasteiger partial charge in [0.1, 0.15) is 5.82 Å². The number of fused-ring (bicyclic) bond motifs is 1. The molecule has 2 aliphatic carbocycles. The van der Waals surface area contributed by atoms with Crippen LogP contribution in [0.1, 0.15) is 57.8 Å². The Balaban J connectivity index is 1.48. The zero-order valence-electron chi connectivity index (χ0n) is 12.7. The van der Waals surface area contributed by atoms with Crippen molar-refractivity contribution in [1.82, 2.24) is 9.36 Å². The lowest BCUT2D eigenvalue weighted by atomic mass is 9.89. The maximum Gasteiger partial charge on any atom is 0.257 e. The highest BCUT2D eigenvalue weighted by molar-refractivity contribution is 7.09. The van der Waals surface area contributed by atoms with Gasteiger partial charge in [-0.05, 0) is 49.3 Å². The van der Waals surface area contributed by atoms with Crippen molar-refractivity contribution in [3.63, 3.8) is 0 Å². The van der Waals surface area contributed by atoms with Crippen LogP contribution in [0.4, 0.5) is 5.13 Å². The molecule has 1 saturated carbocycles. The van der Waals surface area contributed by atoms with Gasteiger partial charge in [0.05, 0.1) is 0 Å². The van der Waals surface area contributed by atoms with Gasteiger partial charge in [-0.15, -0.1) is 0 Å². The summed E-state index contributed by atoms with van der Waals surface area (Å²) in [6.07, 6.45) is 5.74. The summed E-state index contributed by atoms with van der Waals surface area (Å²) in [6.45, 7) is 0. The van der Waals surface area contributed by atoms with Crippen LogP contribution < -0.4 is 5.32 Å². The average Bonchev–Trinajstić information content (AvgIpc) is 3.25. The van der Waals surface area contributed by atoms with Gasteiger partial charge in [-0.25, -0.2) is 4.98 Å². The number of carbonyl (C=O) groups excluding carboxylic acids is 2. The fraction of sp³-hybridized carbons (Fsp3) is 0.412. The first-order valence-electron chi connectivity index (χ1n) is 7.99. The smallest absolute Gasteiger partial charge is 0.257 e. The number of nitrogens with one attached hydrogen (secondary N) is 1. The molecule has 0 radical (unpaired) electrons. The Kier molecular flexibility index (Phi) is 3.69. The summed E-state index contributed by atoms with van der Waals surface area (Å²) in [5.74, 6) is 1.53. The molecule has 1 amide bonds. The molecule has 0 aliphatic heterocycles. The van der Waals surface area contributed by atoms with Crippen LogP contribution in [0.15, 0.2) is 18.2 Å². The van der Waals surface area contributed by atoms with Crippen molar-refractivity contribution >= 4 is 28.4 Å². The summed E-state index contributed by atoms with van der Waals surface area (Å²) >= 11 is 1.22. The van der Waals surface area contributed by atoms with Gasteiger partial charge in [0, 0.05) is 35.5 Å². The van der Waals surface area contributed by atoms with Gasteiger partial charge in [0.15, 0.2) is 5.78 Å². The van der Waals surface area contributed by atoms with Crippen molar-refractivity contribution in [2.24, 2.45) is 5.92 Å². The second kappa shape index (κ2) is 5.85. The molecule has 4 rings (SSSR count). The normalized spacial score (nSPS) is 17.0. The molecule has 1 aromatic heterocycles. The minimum atomic E-state index is -0.194.